The van der Waals surface area contributed by atoms with Crippen LogP contribution in [0.25, 0.3) is 0 Å². The highest BCUT2D eigenvalue weighted by atomic mass is 16.1. The van der Waals surface area contributed by atoms with Crippen LogP contribution in [0, 0.1) is 0 Å². The van der Waals surface area contributed by atoms with Crippen LogP contribution in [0.5, 0.6) is 0 Å². The Balaban J connectivity index is 2.27. The Hall–Kier alpha value is -1.93. The van der Waals surface area contributed by atoms with E-state index in [1.807, 2.05) is 61.5 Å². The molecule has 0 aliphatic rings. The minimum Gasteiger partial charge on any atom is -0.324 e. The smallest absolute Gasteiger partial charge is 0.193 e. The van der Waals surface area contributed by atoms with Gasteiger partial charge in [-0.05, 0) is 12.5 Å². The average molecular weight is 225 g/mol. The molecule has 0 aliphatic carbocycles. The Bertz CT molecular complexity index is 500. The van der Waals surface area contributed by atoms with E-state index in [4.69, 9.17) is 5.73 Å². The molecule has 0 aliphatic heterocycles. The Labute approximate surface area is 101 Å². The van der Waals surface area contributed by atoms with E-state index in [1.54, 1.807) is 0 Å². The van der Waals surface area contributed by atoms with Crippen LogP contribution in [0.3, 0.4) is 0 Å². The van der Waals surface area contributed by atoms with Gasteiger partial charge in [0, 0.05) is 17.2 Å². The van der Waals surface area contributed by atoms with E-state index in [9.17, 15) is 4.79 Å². The summed E-state index contributed by atoms with van der Waals surface area (Å²) in [6, 6.07) is 16.7. The van der Waals surface area contributed by atoms with Gasteiger partial charge >= 0.3 is 0 Å². The molecule has 2 aromatic rings. The highest BCUT2D eigenvalue weighted by molar-refractivity contribution is 6.08. The molecule has 0 fully saturated rings. The SMILES string of the molecule is CC(N)c1ccc(C(=O)c2ccccc2)cc1. The fourth-order valence-electron chi connectivity index (χ4n) is 1.69. The normalized spacial score (nSPS) is 12.1. The number of benzene rings is 2. The van der Waals surface area contributed by atoms with Crippen molar-refractivity contribution in [2.24, 2.45) is 5.73 Å². The van der Waals surface area contributed by atoms with Gasteiger partial charge in [-0.2, -0.15) is 0 Å². The highest BCUT2D eigenvalue weighted by Crippen LogP contribution is 2.14. The first-order valence-corrected chi connectivity index (χ1v) is 5.64. The topological polar surface area (TPSA) is 43.1 Å². The first-order valence-electron chi connectivity index (χ1n) is 5.64. The predicted octanol–water partition coefficient (Wildman–Crippen LogP) is 2.94. The molecule has 2 N–H and O–H groups in total. The third kappa shape index (κ3) is 2.60. The minimum atomic E-state index is -0.00382. The molecule has 0 amide bonds. The third-order valence-electron chi connectivity index (χ3n) is 2.73. The second-order valence-electron chi connectivity index (χ2n) is 4.11. The second-order valence-corrected chi connectivity index (χ2v) is 4.11. The van der Waals surface area contributed by atoms with E-state index in [0.29, 0.717) is 11.1 Å². The summed E-state index contributed by atoms with van der Waals surface area (Å²) in [6.45, 7) is 1.92. The van der Waals surface area contributed by atoms with E-state index < -0.39 is 0 Å². The molecule has 2 rings (SSSR count). The molecule has 86 valence electrons. The number of hydrogen-bond donors (Lipinski definition) is 1. The predicted molar refractivity (Wildman–Crippen MR) is 68.9 cm³/mol. The second kappa shape index (κ2) is 4.93. The molecule has 0 spiro atoms. The number of hydrogen-bond acceptors (Lipinski definition) is 2. The summed E-state index contributed by atoms with van der Waals surface area (Å²) in [7, 11) is 0. The van der Waals surface area contributed by atoms with Crippen LogP contribution >= 0.6 is 0 Å². The summed E-state index contributed by atoms with van der Waals surface area (Å²) in [6.07, 6.45) is 0. The lowest BCUT2D eigenvalue weighted by atomic mass is 10.0. The molecular weight excluding hydrogens is 210 g/mol. The molecule has 0 saturated carbocycles. The van der Waals surface area contributed by atoms with Crippen molar-refractivity contribution >= 4 is 5.78 Å². The van der Waals surface area contributed by atoms with E-state index in [1.165, 1.54) is 0 Å². The lowest BCUT2D eigenvalue weighted by Gasteiger charge is -2.06. The van der Waals surface area contributed by atoms with E-state index in [2.05, 4.69) is 0 Å². The van der Waals surface area contributed by atoms with Crippen molar-refractivity contribution in [3.63, 3.8) is 0 Å². The zero-order valence-corrected chi connectivity index (χ0v) is 9.76. The largest absolute Gasteiger partial charge is 0.324 e. The fraction of sp³-hybridized carbons (Fsp3) is 0.133. The maximum Gasteiger partial charge on any atom is 0.193 e. The van der Waals surface area contributed by atoms with Gasteiger partial charge in [0.15, 0.2) is 5.78 Å². The number of nitrogens with two attached hydrogens (primary N) is 1. The average Bonchev–Trinajstić information content (AvgIpc) is 2.39. The standard InChI is InChI=1S/C15H15NO/c1-11(16)12-7-9-14(10-8-12)15(17)13-5-3-2-4-6-13/h2-11H,16H2,1H3. The first kappa shape index (κ1) is 11.6. The van der Waals surface area contributed by atoms with Gasteiger partial charge in [0.2, 0.25) is 0 Å². The number of rotatable bonds is 3. The summed E-state index contributed by atoms with van der Waals surface area (Å²) in [5.74, 6) is 0.0434. The molecule has 2 aromatic carbocycles. The lowest BCUT2D eigenvalue weighted by molar-refractivity contribution is 0.103. The summed E-state index contributed by atoms with van der Waals surface area (Å²) in [4.78, 5) is 12.1. The van der Waals surface area contributed by atoms with Crippen LogP contribution in [-0.2, 0) is 0 Å². The van der Waals surface area contributed by atoms with Crippen LogP contribution in [0.2, 0.25) is 0 Å². The summed E-state index contributed by atoms with van der Waals surface area (Å²) >= 11 is 0. The quantitative estimate of drug-likeness (QED) is 0.816. The molecule has 1 atom stereocenters. The molecule has 0 aromatic heterocycles. The van der Waals surface area contributed by atoms with Gasteiger partial charge in [-0.3, -0.25) is 4.79 Å². The van der Waals surface area contributed by atoms with Crippen LogP contribution in [0.1, 0.15) is 34.5 Å². The molecular formula is C15H15NO. The number of carbonyl (C=O) groups excluding carboxylic acids is 1. The van der Waals surface area contributed by atoms with Crippen LogP contribution < -0.4 is 5.73 Å². The Morgan fingerprint density at radius 1 is 0.941 bits per heavy atom. The van der Waals surface area contributed by atoms with Gasteiger partial charge in [0.25, 0.3) is 0 Å². The van der Waals surface area contributed by atoms with Crippen molar-refractivity contribution in [2.45, 2.75) is 13.0 Å². The van der Waals surface area contributed by atoms with E-state index >= 15 is 0 Å². The molecule has 0 radical (unpaired) electrons. The van der Waals surface area contributed by atoms with E-state index in [-0.39, 0.29) is 11.8 Å². The Kier molecular flexibility index (Phi) is 3.35. The zero-order valence-electron chi connectivity index (χ0n) is 9.76. The van der Waals surface area contributed by atoms with Crippen molar-refractivity contribution in [3.05, 3.63) is 71.3 Å². The van der Waals surface area contributed by atoms with Crippen LogP contribution in [-0.4, -0.2) is 5.78 Å². The summed E-state index contributed by atoms with van der Waals surface area (Å²) in [5, 5.41) is 0. The first-order chi connectivity index (χ1) is 8.18. The highest BCUT2D eigenvalue weighted by Gasteiger charge is 2.08. The minimum absolute atomic E-state index is 0.00382. The van der Waals surface area contributed by atoms with Gasteiger partial charge in [0.1, 0.15) is 0 Å². The molecule has 2 heteroatoms. The molecule has 1 unspecified atom stereocenters. The molecule has 0 saturated heterocycles. The van der Waals surface area contributed by atoms with Crippen LogP contribution in [0.15, 0.2) is 54.6 Å². The molecule has 17 heavy (non-hydrogen) atoms. The molecule has 0 bridgehead atoms. The fourth-order valence-corrected chi connectivity index (χ4v) is 1.69. The Morgan fingerprint density at radius 3 is 2.00 bits per heavy atom. The molecule has 0 heterocycles. The maximum absolute atomic E-state index is 12.1. The lowest BCUT2D eigenvalue weighted by Crippen LogP contribution is -2.06. The number of ketones is 1. The van der Waals surface area contributed by atoms with Gasteiger partial charge in [0.05, 0.1) is 0 Å². The summed E-state index contributed by atoms with van der Waals surface area (Å²) < 4.78 is 0. The maximum atomic E-state index is 12.1. The van der Waals surface area contributed by atoms with Crippen molar-refractivity contribution in [3.8, 4) is 0 Å². The van der Waals surface area contributed by atoms with Crippen molar-refractivity contribution in [2.75, 3.05) is 0 Å². The van der Waals surface area contributed by atoms with Gasteiger partial charge in [-0.1, -0.05) is 54.6 Å². The van der Waals surface area contributed by atoms with Crippen molar-refractivity contribution in [1.82, 2.24) is 0 Å². The monoisotopic (exact) mass is 225 g/mol. The van der Waals surface area contributed by atoms with Gasteiger partial charge in [-0.25, -0.2) is 0 Å². The van der Waals surface area contributed by atoms with E-state index in [0.717, 1.165) is 5.56 Å². The Morgan fingerprint density at radius 2 is 1.47 bits per heavy atom. The third-order valence-corrected chi connectivity index (χ3v) is 2.73. The summed E-state index contributed by atoms with van der Waals surface area (Å²) in [5.41, 5.74) is 8.21. The molecule has 2 nitrogen and oxygen atoms in total. The van der Waals surface area contributed by atoms with Gasteiger partial charge < -0.3 is 5.73 Å². The van der Waals surface area contributed by atoms with Crippen molar-refractivity contribution in [1.29, 1.82) is 0 Å². The van der Waals surface area contributed by atoms with Gasteiger partial charge in [-0.15, -0.1) is 0 Å². The number of carbonyl (C=O) groups is 1. The zero-order chi connectivity index (χ0) is 12.3. The van der Waals surface area contributed by atoms with Crippen molar-refractivity contribution < 1.29 is 4.79 Å². The van der Waals surface area contributed by atoms with Crippen LogP contribution in [0.4, 0.5) is 0 Å².